The summed E-state index contributed by atoms with van der Waals surface area (Å²) in [6.07, 6.45) is 1.34. The van der Waals surface area contributed by atoms with Gasteiger partial charge >= 0.3 is 0 Å². The third-order valence-electron chi connectivity index (χ3n) is 4.22. The molecule has 5 heteroatoms. The van der Waals surface area contributed by atoms with Crippen LogP contribution in [0.1, 0.15) is 41.7 Å². The number of amides is 2. The zero-order chi connectivity index (χ0) is 17.1. The first kappa shape index (κ1) is 16.5. The average Bonchev–Trinajstić information content (AvgIpc) is 3.02. The zero-order valence-corrected chi connectivity index (χ0v) is 14.2. The fourth-order valence-corrected chi connectivity index (χ4v) is 3.09. The van der Waals surface area contributed by atoms with E-state index in [1.54, 1.807) is 23.1 Å². The van der Waals surface area contributed by atoms with Crippen LogP contribution >= 0.6 is 11.6 Å². The summed E-state index contributed by atoms with van der Waals surface area (Å²) in [5.41, 5.74) is 2.14. The number of rotatable bonds is 4. The van der Waals surface area contributed by atoms with Crippen LogP contribution in [-0.2, 0) is 4.79 Å². The van der Waals surface area contributed by atoms with Crippen LogP contribution < -0.4 is 10.2 Å². The summed E-state index contributed by atoms with van der Waals surface area (Å²) in [7, 11) is 0. The number of anilines is 1. The molecule has 1 N–H and O–H groups in total. The molecule has 1 aliphatic rings. The summed E-state index contributed by atoms with van der Waals surface area (Å²) in [5.74, 6) is -0.136. The summed E-state index contributed by atoms with van der Waals surface area (Å²) in [6.45, 7) is 2.58. The largest absolute Gasteiger partial charge is 0.346 e. The highest BCUT2D eigenvalue weighted by molar-refractivity contribution is 6.34. The van der Waals surface area contributed by atoms with Gasteiger partial charge in [-0.25, -0.2) is 0 Å². The van der Waals surface area contributed by atoms with Crippen molar-refractivity contribution in [1.29, 1.82) is 0 Å². The van der Waals surface area contributed by atoms with Crippen LogP contribution in [0, 0.1) is 0 Å². The van der Waals surface area contributed by atoms with Gasteiger partial charge < -0.3 is 10.2 Å². The number of hydrogen-bond acceptors (Lipinski definition) is 2. The Kier molecular flexibility index (Phi) is 4.86. The quantitative estimate of drug-likeness (QED) is 0.914. The van der Waals surface area contributed by atoms with E-state index in [0.29, 0.717) is 29.2 Å². The third-order valence-corrected chi connectivity index (χ3v) is 4.54. The average molecular weight is 343 g/mol. The smallest absolute Gasteiger partial charge is 0.251 e. The molecule has 1 aliphatic heterocycles. The van der Waals surface area contributed by atoms with E-state index in [2.05, 4.69) is 5.32 Å². The Hall–Kier alpha value is -2.33. The van der Waals surface area contributed by atoms with Crippen molar-refractivity contribution in [2.24, 2.45) is 0 Å². The number of carbonyl (C=O) groups is 2. The number of halogens is 1. The van der Waals surface area contributed by atoms with Gasteiger partial charge in [0, 0.05) is 18.5 Å². The lowest BCUT2D eigenvalue weighted by atomic mass is 10.1. The summed E-state index contributed by atoms with van der Waals surface area (Å²) < 4.78 is 0. The minimum atomic E-state index is -0.184. The Morgan fingerprint density at radius 2 is 1.96 bits per heavy atom. The lowest BCUT2D eigenvalue weighted by molar-refractivity contribution is -0.117. The maximum atomic E-state index is 12.5. The summed E-state index contributed by atoms with van der Waals surface area (Å²) >= 11 is 6.22. The molecule has 0 spiro atoms. The number of benzene rings is 2. The molecule has 0 aliphatic carbocycles. The second kappa shape index (κ2) is 7.05. The molecular weight excluding hydrogens is 324 g/mol. The summed E-state index contributed by atoms with van der Waals surface area (Å²) in [5, 5.41) is 3.46. The maximum absolute atomic E-state index is 12.5. The van der Waals surface area contributed by atoms with Crippen molar-refractivity contribution in [2.45, 2.75) is 25.8 Å². The summed E-state index contributed by atoms with van der Waals surface area (Å²) in [4.78, 5) is 26.1. The lowest BCUT2D eigenvalue weighted by Crippen LogP contribution is -2.28. The van der Waals surface area contributed by atoms with Gasteiger partial charge in [-0.15, -0.1) is 0 Å². The van der Waals surface area contributed by atoms with Crippen LogP contribution in [0.15, 0.2) is 48.5 Å². The molecule has 1 heterocycles. The Morgan fingerprint density at radius 1 is 1.21 bits per heavy atom. The van der Waals surface area contributed by atoms with Crippen molar-refractivity contribution in [3.8, 4) is 0 Å². The molecule has 2 amide bonds. The van der Waals surface area contributed by atoms with Crippen molar-refractivity contribution < 1.29 is 9.59 Å². The molecule has 1 fully saturated rings. The van der Waals surface area contributed by atoms with Crippen molar-refractivity contribution in [3.05, 3.63) is 64.7 Å². The van der Waals surface area contributed by atoms with E-state index in [-0.39, 0.29) is 17.9 Å². The first-order valence-corrected chi connectivity index (χ1v) is 8.40. The van der Waals surface area contributed by atoms with Gasteiger partial charge in [0.15, 0.2) is 0 Å². The molecular formula is C19H19ClN2O2. The second-order valence-electron chi connectivity index (χ2n) is 5.92. The van der Waals surface area contributed by atoms with Crippen molar-refractivity contribution in [2.75, 3.05) is 11.4 Å². The van der Waals surface area contributed by atoms with Crippen LogP contribution in [-0.4, -0.2) is 18.4 Å². The number of nitrogens with one attached hydrogen (secondary N) is 1. The SMILES string of the molecule is C[C@H](NC(=O)c1ccc(Cl)c(N2CCCC2=O)c1)c1ccccc1. The van der Waals surface area contributed by atoms with Gasteiger partial charge in [-0.1, -0.05) is 41.9 Å². The first-order valence-electron chi connectivity index (χ1n) is 8.02. The molecule has 124 valence electrons. The molecule has 1 saturated heterocycles. The van der Waals surface area contributed by atoms with Gasteiger partial charge in [0.2, 0.25) is 5.91 Å². The minimum absolute atomic E-state index is 0.0483. The van der Waals surface area contributed by atoms with Crippen LogP contribution in [0.3, 0.4) is 0 Å². The number of nitrogens with zero attached hydrogens (tertiary/aromatic N) is 1. The molecule has 3 rings (SSSR count). The van der Waals surface area contributed by atoms with Crippen molar-refractivity contribution in [1.82, 2.24) is 5.32 Å². The Morgan fingerprint density at radius 3 is 2.62 bits per heavy atom. The number of hydrogen-bond donors (Lipinski definition) is 1. The van der Waals surface area contributed by atoms with E-state index in [4.69, 9.17) is 11.6 Å². The molecule has 0 radical (unpaired) electrons. The van der Waals surface area contributed by atoms with E-state index < -0.39 is 0 Å². The van der Waals surface area contributed by atoms with Crippen LogP contribution in [0.25, 0.3) is 0 Å². The van der Waals surface area contributed by atoms with Gasteiger partial charge in [0.1, 0.15) is 0 Å². The van der Waals surface area contributed by atoms with E-state index in [1.807, 2.05) is 37.3 Å². The highest BCUT2D eigenvalue weighted by Gasteiger charge is 2.24. The molecule has 0 saturated carbocycles. The minimum Gasteiger partial charge on any atom is -0.346 e. The van der Waals surface area contributed by atoms with Crippen LogP contribution in [0.2, 0.25) is 5.02 Å². The van der Waals surface area contributed by atoms with E-state index in [1.165, 1.54) is 0 Å². The standard InChI is InChI=1S/C19H19ClN2O2/c1-13(14-6-3-2-4-7-14)21-19(24)15-9-10-16(20)17(12-15)22-11-5-8-18(22)23/h2-4,6-7,9-10,12-13H,5,8,11H2,1H3,(H,21,24)/t13-/m0/s1. The topological polar surface area (TPSA) is 49.4 Å². The summed E-state index contributed by atoms with van der Waals surface area (Å²) in [6, 6.07) is 14.7. The van der Waals surface area contributed by atoms with Gasteiger partial charge in [-0.2, -0.15) is 0 Å². The van der Waals surface area contributed by atoms with E-state index in [0.717, 1.165) is 12.0 Å². The number of carbonyl (C=O) groups excluding carboxylic acids is 2. The predicted molar refractivity (Wildman–Crippen MR) is 95.4 cm³/mol. The molecule has 0 unspecified atom stereocenters. The molecule has 2 aromatic rings. The molecule has 4 nitrogen and oxygen atoms in total. The van der Waals surface area contributed by atoms with Crippen molar-refractivity contribution in [3.63, 3.8) is 0 Å². The molecule has 2 aromatic carbocycles. The van der Waals surface area contributed by atoms with Gasteiger partial charge in [0.05, 0.1) is 16.8 Å². The van der Waals surface area contributed by atoms with Crippen molar-refractivity contribution >= 4 is 29.1 Å². The fourth-order valence-electron chi connectivity index (χ4n) is 2.87. The lowest BCUT2D eigenvalue weighted by Gasteiger charge is -2.19. The van der Waals surface area contributed by atoms with E-state index >= 15 is 0 Å². The highest BCUT2D eigenvalue weighted by atomic mass is 35.5. The molecule has 0 aromatic heterocycles. The zero-order valence-electron chi connectivity index (χ0n) is 13.5. The second-order valence-corrected chi connectivity index (χ2v) is 6.33. The van der Waals surface area contributed by atoms with Gasteiger partial charge in [-0.3, -0.25) is 9.59 Å². The molecule has 24 heavy (non-hydrogen) atoms. The Bertz CT molecular complexity index is 761. The Balaban J connectivity index is 1.79. The maximum Gasteiger partial charge on any atom is 0.251 e. The monoisotopic (exact) mass is 342 g/mol. The molecule has 0 bridgehead atoms. The van der Waals surface area contributed by atoms with Crippen LogP contribution in [0.5, 0.6) is 0 Å². The third kappa shape index (κ3) is 3.44. The van der Waals surface area contributed by atoms with Gasteiger partial charge in [-0.05, 0) is 37.1 Å². The predicted octanol–water partition coefficient (Wildman–Crippen LogP) is 3.96. The highest BCUT2D eigenvalue weighted by Crippen LogP contribution is 2.30. The fraction of sp³-hybridized carbons (Fsp3) is 0.263. The van der Waals surface area contributed by atoms with Crippen LogP contribution in [0.4, 0.5) is 5.69 Å². The van der Waals surface area contributed by atoms with E-state index in [9.17, 15) is 9.59 Å². The van der Waals surface area contributed by atoms with Gasteiger partial charge in [0.25, 0.3) is 5.91 Å². The first-order chi connectivity index (χ1) is 11.6. The molecule has 1 atom stereocenters. The Labute approximate surface area is 146 Å². The normalized spacial score (nSPS) is 15.4.